The summed E-state index contributed by atoms with van der Waals surface area (Å²) in [7, 11) is 1.85. The highest BCUT2D eigenvalue weighted by atomic mass is 16.2. The van der Waals surface area contributed by atoms with Crippen LogP contribution < -0.4 is 10.2 Å². The topological polar surface area (TPSA) is 83.4 Å². The first-order valence-corrected chi connectivity index (χ1v) is 15.7. The van der Waals surface area contributed by atoms with Gasteiger partial charge in [0.2, 0.25) is 5.91 Å². The zero-order valence-corrected chi connectivity index (χ0v) is 24.6. The Labute approximate surface area is 234 Å². The number of rotatable bonds is 6. The van der Waals surface area contributed by atoms with Crippen molar-refractivity contribution in [2.45, 2.75) is 110 Å². The number of likely N-dealkylation sites (tertiary alicyclic amines) is 1. The summed E-state index contributed by atoms with van der Waals surface area (Å²) >= 11 is 0. The number of anilines is 1. The van der Waals surface area contributed by atoms with Gasteiger partial charge in [0.15, 0.2) is 11.3 Å². The SMILES string of the molecule is CCCCC.Cn1nc(C(=O)NC2CCN(C(=O)C3CCCCC3)CC2)c2ccc(N3CCCCCC3)nc21. The molecule has 2 amide bonds. The third kappa shape index (κ3) is 7.73. The molecule has 1 aliphatic carbocycles. The van der Waals surface area contributed by atoms with E-state index in [1.54, 1.807) is 4.68 Å². The number of amides is 2. The Kier molecular flexibility index (Phi) is 11.0. The summed E-state index contributed by atoms with van der Waals surface area (Å²) in [5, 5.41) is 8.49. The molecule has 2 aromatic rings. The number of nitrogens with one attached hydrogen (secondary N) is 1. The first-order valence-electron chi connectivity index (χ1n) is 15.7. The third-order valence-corrected chi connectivity index (χ3v) is 8.62. The second kappa shape index (κ2) is 14.7. The molecule has 5 rings (SSSR count). The molecule has 0 spiro atoms. The molecule has 0 unspecified atom stereocenters. The molecule has 216 valence electrons. The van der Waals surface area contributed by atoms with E-state index in [0.29, 0.717) is 11.6 Å². The minimum absolute atomic E-state index is 0.0734. The lowest BCUT2D eigenvalue weighted by Crippen LogP contribution is -2.48. The third-order valence-electron chi connectivity index (χ3n) is 8.62. The average Bonchev–Trinajstić information content (AvgIpc) is 3.12. The Morgan fingerprint density at radius 3 is 2.13 bits per heavy atom. The highest BCUT2D eigenvalue weighted by Gasteiger charge is 2.30. The summed E-state index contributed by atoms with van der Waals surface area (Å²) in [5.74, 6) is 1.37. The fourth-order valence-electron chi connectivity index (χ4n) is 6.22. The minimum atomic E-state index is -0.146. The minimum Gasteiger partial charge on any atom is -0.357 e. The van der Waals surface area contributed by atoms with Crippen molar-refractivity contribution >= 4 is 28.7 Å². The number of pyridine rings is 1. The lowest BCUT2D eigenvalue weighted by atomic mass is 9.87. The molecule has 0 radical (unpaired) electrons. The molecule has 2 aliphatic heterocycles. The predicted octanol–water partition coefficient (Wildman–Crippen LogP) is 5.85. The highest BCUT2D eigenvalue weighted by Crippen LogP contribution is 2.27. The van der Waals surface area contributed by atoms with Gasteiger partial charge in [-0.15, -0.1) is 0 Å². The van der Waals surface area contributed by atoms with Crippen LogP contribution in [0.25, 0.3) is 11.0 Å². The number of piperidine rings is 1. The number of unbranched alkanes of at least 4 members (excludes halogenated alkanes) is 2. The average molecular weight is 539 g/mol. The number of carbonyl (C=O) groups excluding carboxylic acids is 2. The summed E-state index contributed by atoms with van der Waals surface area (Å²) in [6.07, 6.45) is 16.3. The highest BCUT2D eigenvalue weighted by molar-refractivity contribution is 6.04. The van der Waals surface area contributed by atoms with Gasteiger partial charge in [-0.25, -0.2) is 9.67 Å². The Hall–Kier alpha value is -2.64. The molecular formula is C31H50N6O2. The van der Waals surface area contributed by atoms with Crippen LogP contribution in [0.3, 0.4) is 0 Å². The fraction of sp³-hybridized carbons (Fsp3) is 0.742. The Bertz CT molecular complexity index is 1060. The number of aryl methyl sites for hydroxylation is 1. The van der Waals surface area contributed by atoms with Crippen molar-refractivity contribution in [3.8, 4) is 0 Å². The van der Waals surface area contributed by atoms with Crippen molar-refractivity contribution < 1.29 is 9.59 Å². The molecule has 4 heterocycles. The van der Waals surface area contributed by atoms with E-state index < -0.39 is 0 Å². The van der Waals surface area contributed by atoms with E-state index in [9.17, 15) is 9.59 Å². The fourth-order valence-corrected chi connectivity index (χ4v) is 6.22. The van der Waals surface area contributed by atoms with E-state index >= 15 is 0 Å². The summed E-state index contributed by atoms with van der Waals surface area (Å²) in [4.78, 5) is 35.2. The zero-order valence-electron chi connectivity index (χ0n) is 24.6. The molecule has 1 N–H and O–H groups in total. The summed E-state index contributed by atoms with van der Waals surface area (Å²) in [6.45, 7) is 7.94. The van der Waals surface area contributed by atoms with Crippen LogP contribution in [0.4, 0.5) is 5.82 Å². The largest absolute Gasteiger partial charge is 0.357 e. The second-order valence-corrected chi connectivity index (χ2v) is 11.7. The molecule has 1 saturated carbocycles. The van der Waals surface area contributed by atoms with Gasteiger partial charge >= 0.3 is 0 Å². The van der Waals surface area contributed by atoms with Gasteiger partial charge in [-0.2, -0.15) is 5.10 Å². The smallest absolute Gasteiger partial charge is 0.272 e. The lowest BCUT2D eigenvalue weighted by molar-refractivity contribution is -0.137. The number of fused-ring (bicyclic) bond motifs is 1. The van der Waals surface area contributed by atoms with Gasteiger partial charge in [-0.1, -0.05) is 65.2 Å². The quantitative estimate of drug-likeness (QED) is 0.499. The predicted molar refractivity (Wildman–Crippen MR) is 158 cm³/mol. The van der Waals surface area contributed by atoms with Gasteiger partial charge in [0.25, 0.3) is 5.91 Å². The summed E-state index contributed by atoms with van der Waals surface area (Å²) < 4.78 is 1.72. The summed E-state index contributed by atoms with van der Waals surface area (Å²) in [5.41, 5.74) is 1.19. The van der Waals surface area contributed by atoms with E-state index in [0.717, 1.165) is 68.7 Å². The van der Waals surface area contributed by atoms with Crippen LogP contribution in [0.1, 0.15) is 114 Å². The number of carbonyl (C=O) groups is 2. The Balaban J connectivity index is 0.000000648. The molecule has 2 saturated heterocycles. The van der Waals surface area contributed by atoms with Gasteiger partial charge in [0.05, 0.1) is 5.39 Å². The Morgan fingerprint density at radius 1 is 0.872 bits per heavy atom. The van der Waals surface area contributed by atoms with Crippen LogP contribution in [0, 0.1) is 5.92 Å². The molecular weight excluding hydrogens is 488 g/mol. The van der Waals surface area contributed by atoms with Crippen LogP contribution >= 0.6 is 0 Å². The van der Waals surface area contributed by atoms with E-state index in [4.69, 9.17) is 4.98 Å². The van der Waals surface area contributed by atoms with Crippen molar-refractivity contribution in [1.82, 2.24) is 25.0 Å². The lowest BCUT2D eigenvalue weighted by Gasteiger charge is -2.35. The van der Waals surface area contributed by atoms with Crippen LogP contribution in [0.2, 0.25) is 0 Å². The first-order chi connectivity index (χ1) is 19.0. The van der Waals surface area contributed by atoms with Crippen LogP contribution in [-0.4, -0.2) is 63.7 Å². The maximum Gasteiger partial charge on any atom is 0.272 e. The van der Waals surface area contributed by atoms with Gasteiger partial charge < -0.3 is 15.1 Å². The van der Waals surface area contributed by atoms with Gasteiger partial charge in [0.1, 0.15) is 5.82 Å². The molecule has 3 aliphatic rings. The van der Waals surface area contributed by atoms with E-state index in [2.05, 4.69) is 29.2 Å². The molecule has 0 aromatic carbocycles. The number of nitrogens with zero attached hydrogens (tertiary/aromatic N) is 5. The second-order valence-electron chi connectivity index (χ2n) is 11.7. The molecule has 0 bridgehead atoms. The standard InChI is InChI=1S/C26H38N6O2.C5H12/c1-30-24-21(11-12-22(28-24)31-15-7-2-3-8-16-31)23(29-30)25(33)27-20-13-17-32(18-14-20)26(34)19-9-5-4-6-10-19;1-3-5-4-2/h11-12,19-20H,2-10,13-18H2,1H3,(H,27,33);3-5H2,1-2H3. The van der Waals surface area contributed by atoms with Crippen molar-refractivity contribution in [2.24, 2.45) is 13.0 Å². The van der Waals surface area contributed by atoms with Crippen LogP contribution in [-0.2, 0) is 11.8 Å². The summed E-state index contributed by atoms with van der Waals surface area (Å²) in [6, 6.07) is 4.10. The van der Waals surface area contributed by atoms with Crippen LogP contribution in [0.5, 0.6) is 0 Å². The molecule has 8 nitrogen and oxygen atoms in total. The normalized spacial score (nSPS) is 19.4. The number of hydrogen-bond donors (Lipinski definition) is 1. The van der Waals surface area contributed by atoms with Crippen molar-refractivity contribution in [3.05, 3.63) is 17.8 Å². The molecule has 2 aromatic heterocycles. The van der Waals surface area contributed by atoms with Crippen molar-refractivity contribution in [3.63, 3.8) is 0 Å². The van der Waals surface area contributed by atoms with Gasteiger partial charge in [-0.3, -0.25) is 9.59 Å². The van der Waals surface area contributed by atoms with Gasteiger partial charge in [-0.05, 0) is 50.7 Å². The Morgan fingerprint density at radius 2 is 1.51 bits per heavy atom. The van der Waals surface area contributed by atoms with E-state index in [-0.39, 0.29) is 17.9 Å². The monoisotopic (exact) mass is 538 g/mol. The maximum absolute atomic E-state index is 13.1. The number of aromatic nitrogens is 3. The van der Waals surface area contributed by atoms with Crippen LogP contribution in [0.15, 0.2) is 12.1 Å². The van der Waals surface area contributed by atoms with Crippen molar-refractivity contribution in [2.75, 3.05) is 31.1 Å². The number of hydrogen-bond acceptors (Lipinski definition) is 5. The molecule has 39 heavy (non-hydrogen) atoms. The maximum atomic E-state index is 13.1. The van der Waals surface area contributed by atoms with E-state index in [1.807, 2.05) is 24.1 Å². The molecule has 3 fully saturated rings. The molecule has 8 heteroatoms. The molecule has 0 atom stereocenters. The zero-order chi connectivity index (χ0) is 27.6. The van der Waals surface area contributed by atoms with Gasteiger partial charge in [0, 0.05) is 45.2 Å². The van der Waals surface area contributed by atoms with Crippen molar-refractivity contribution in [1.29, 1.82) is 0 Å². The first kappa shape index (κ1) is 29.3. The van der Waals surface area contributed by atoms with E-state index in [1.165, 1.54) is 64.2 Å².